The molecule has 0 spiro atoms. The van der Waals surface area contributed by atoms with Crippen molar-refractivity contribution in [1.29, 1.82) is 0 Å². The number of carbonyl (C=O) groups is 2. The summed E-state index contributed by atoms with van der Waals surface area (Å²) in [6.07, 6.45) is -0.162. The second kappa shape index (κ2) is 6.39. The molecule has 0 saturated heterocycles. The van der Waals surface area contributed by atoms with Crippen LogP contribution in [0.15, 0.2) is 42.7 Å². The van der Waals surface area contributed by atoms with E-state index in [1.807, 2.05) is 0 Å². The molecule has 1 atom stereocenters. The number of aliphatic hydroxyl groups is 1. The van der Waals surface area contributed by atoms with Gasteiger partial charge < -0.3 is 15.2 Å². The van der Waals surface area contributed by atoms with Gasteiger partial charge in [-0.25, -0.2) is 4.79 Å². The number of anilines is 1. The lowest BCUT2D eigenvalue weighted by molar-refractivity contribution is -0.150. The van der Waals surface area contributed by atoms with Gasteiger partial charge in [-0.05, 0) is 17.7 Å². The minimum absolute atomic E-state index is 0.355. The topological polar surface area (TPSA) is 75.6 Å². The zero-order valence-corrected chi connectivity index (χ0v) is 9.84. The number of amides is 1. The minimum atomic E-state index is -1.33. The van der Waals surface area contributed by atoms with E-state index < -0.39 is 12.1 Å². The monoisotopic (exact) mass is 247 g/mol. The second-order valence-corrected chi connectivity index (χ2v) is 3.39. The maximum Gasteiger partial charge on any atom is 0.339 e. The van der Waals surface area contributed by atoms with Crippen LogP contribution in [0, 0.1) is 0 Å². The Kier molecular flexibility index (Phi) is 4.87. The van der Waals surface area contributed by atoms with Crippen molar-refractivity contribution in [2.75, 3.05) is 12.4 Å². The number of nitrogens with one attached hydrogen (secondary N) is 1. The van der Waals surface area contributed by atoms with Gasteiger partial charge in [0.2, 0.25) is 0 Å². The highest BCUT2D eigenvalue weighted by Crippen LogP contribution is 2.17. The zero-order chi connectivity index (χ0) is 13.5. The Bertz CT molecular complexity index is 486. The molecule has 1 aromatic rings. The Morgan fingerprint density at radius 1 is 1.44 bits per heavy atom. The van der Waals surface area contributed by atoms with Gasteiger partial charge in [-0.3, -0.25) is 4.79 Å². The molecule has 1 aromatic carbocycles. The summed E-state index contributed by atoms with van der Waals surface area (Å²) >= 11 is 0. The van der Waals surface area contributed by atoms with Crippen molar-refractivity contribution < 1.29 is 19.4 Å². The molecule has 0 saturated carbocycles. The molecule has 5 nitrogen and oxygen atoms in total. The molecule has 0 heterocycles. The fraction of sp³-hybridized carbons (Fsp3) is 0.154. The summed E-state index contributed by atoms with van der Waals surface area (Å²) in [6.45, 7) is 3.28. The van der Waals surface area contributed by atoms with Crippen LogP contribution in [0.5, 0.6) is 0 Å². The summed E-state index contributed by atoms with van der Waals surface area (Å²) < 4.78 is 4.41. The Labute approximate surface area is 104 Å². The van der Waals surface area contributed by atoms with Crippen molar-refractivity contribution in [2.45, 2.75) is 6.10 Å². The largest absolute Gasteiger partial charge is 0.467 e. The lowest BCUT2D eigenvalue weighted by Gasteiger charge is -2.09. The van der Waals surface area contributed by atoms with Crippen molar-refractivity contribution in [3.8, 4) is 0 Å². The molecular formula is C13H13NO4. The summed E-state index contributed by atoms with van der Waals surface area (Å²) in [6, 6.07) is 6.18. The van der Waals surface area contributed by atoms with E-state index in [1.165, 1.54) is 19.2 Å². The summed E-state index contributed by atoms with van der Waals surface area (Å²) in [4.78, 5) is 22.3. The van der Waals surface area contributed by atoms with Crippen LogP contribution in [-0.2, 0) is 14.3 Å². The van der Waals surface area contributed by atoms with Gasteiger partial charge in [0, 0.05) is 11.8 Å². The summed E-state index contributed by atoms with van der Waals surface area (Å²) in [7, 11) is 1.20. The Hall–Kier alpha value is -2.36. The third-order valence-electron chi connectivity index (χ3n) is 2.15. The molecule has 1 unspecified atom stereocenters. The van der Waals surface area contributed by atoms with E-state index in [-0.39, 0.29) is 5.91 Å². The normalized spacial score (nSPS) is 11.0. The van der Waals surface area contributed by atoms with Gasteiger partial charge in [0.1, 0.15) is 0 Å². The summed E-state index contributed by atoms with van der Waals surface area (Å²) in [5, 5.41) is 12.1. The van der Waals surface area contributed by atoms with E-state index >= 15 is 0 Å². The lowest BCUT2D eigenvalue weighted by atomic mass is 10.1. The van der Waals surface area contributed by atoms with Crippen LogP contribution >= 0.6 is 0 Å². The number of ether oxygens (including phenoxy) is 1. The van der Waals surface area contributed by atoms with Gasteiger partial charge in [0.05, 0.1) is 7.11 Å². The molecule has 0 aliphatic rings. The van der Waals surface area contributed by atoms with Gasteiger partial charge in [-0.2, -0.15) is 0 Å². The van der Waals surface area contributed by atoms with Crippen molar-refractivity contribution in [3.63, 3.8) is 0 Å². The van der Waals surface area contributed by atoms with Crippen LogP contribution < -0.4 is 5.32 Å². The van der Waals surface area contributed by atoms with Crippen LogP contribution in [0.3, 0.4) is 0 Å². The first-order chi connectivity index (χ1) is 8.58. The van der Waals surface area contributed by atoms with Gasteiger partial charge in [-0.15, -0.1) is 5.73 Å². The molecule has 0 bridgehead atoms. The molecule has 0 fully saturated rings. The summed E-state index contributed by atoms with van der Waals surface area (Å²) in [5.74, 6) is -1.09. The van der Waals surface area contributed by atoms with E-state index in [9.17, 15) is 14.7 Å². The molecule has 1 rings (SSSR count). The highest BCUT2D eigenvalue weighted by Gasteiger charge is 2.17. The number of carbonyl (C=O) groups excluding carboxylic acids is 2. The van der Waals surface area contributed by atoms with E-state index in [0.717, 1.165) is 6.08 Å². The number of methoxy groups -OCH3 is 1. The first kappa shape index (κ1) is 13.7. The molecule has 5 heteroatoms. The van der Waals surface area contributed by atoms with Crippen LogP contribution in [0.2, 0.25) is 0 Å². The third-order valence-corrected chi connectivity index (χ3v) is 2.15. The predicted molar refractivity (Wildman–Crippen MR) is 65.8 cm³/mol. The highest BCUT2D eigenvalue weighted by molar-refractivity contribution is 5.99. The number of rotatable bonds is 4. The zero-order valence-electron chi connectivity index (χ0n) is 9.84. The van der Waals surface area contributed by atoms with Gasteiger partial charge >= 0.3 is 5.97 Å². The van der Waals surface area contributed by atoms with Crippen LogP contribution in [0.4, 0.5) is 5.69 Å². The lowest BCUT2D eigenvalue weighted by Crippen LogP contribution is -2.13. The van der Waals surface area contributed by atoms with Crippen molar-refractivity contribution in [2.24, 2.45) is 0 Å². The van der Waals surface area contributed by atoms with Crippen molar-refractivity contribution in [3.05, 3.63) is 48.2 Å². The fourth-order valence-corrected chi connectivity index (χ4v) is 1.27. The molecule has 94 valence electrons. The van der Waals surface area contributed by atoms with Gasteiger partial charge in [0.15, 0.2) is 6.10 Å². The van der Waals surface area contributed by atoms with E-state index in [1.54, 1.807) is 12.1 Å². The van der Waals surface area contributed by atoms with E-state index in [4.69, 9.17) is 0 Å². The standard InChI is InChI=1S/C13H13NO4/c1-3-4-11(15)14-10-7-5-9(6-8-10)12(16)13(17)18-2/h4-8,12,16H,1H2,2H3,(H,14,15). The SMILES string of the molecule is C=C=CC(=O)Nc1ccc(C(O)C(=O)OC)cc1. The number of aliphatic hydroxyl groups excluding tert-OH is 1. The molecule has 0 aliphatic heterocycles. The number of hydrogen-bond acceptors (Lipinski definition) is 4. The third kappa shape index (κ3) is 3.59. The second-order valence-electron chi connectivity index (χ2n) is 3.39. The van der Waals surface area contributed by atoms with Crippen LogP contribution in [0.25, 0.3) is 0 Å². The molecule has 0 radical (unpaired) electrons. The average Bonchev–Trinajstić information content (AvgIpc) is 2.38. The van der Waals surface area contributed by atoms with Crippen molar-refractivity contribution in [1.82, 2.24) is 0 Å². The Balaban J connectivity index is 2.77. The number of esters is 1. The van der Waals surface area contributed by atoms with E-state index in [0.29, 0.717) is 11.3 Å². The molecule has 1 amide bonds. The number of benzene rings is 1. The average molecular weight is 247 g/mol. The highest BCUT2D eigenvalue weighted by atomic mass is 16.5. The first-order valence-electron chi connectivity index (χ1n) is 5.11. The maximum absolute atomic E-state index is 11.2. The minimum Gasteiger partial charge on any atom is -0.467 e. The summed E-state index contributed by atoms with van der Waals surface area (Å²) in [5.41, 5.74) is 3.27. The fourth-order valence-electron chi connectivity index (χ4n) is 1.27. The molecule has 2 N–H and O–H groups in total. The predicted octanol–water partition coefficient (Wildman–Crippen LogP) is 1.17. The van der Waals surface area contributed by atoms with Crippen LogP contribution in [0.1, 0.15) is 11.7 Å². The van der Waals surface area contributed by atoms with Crippen molar-refractivity contribution >= 4 is 17.6 Å². The van der Waals surface area contributed by atoms with Gasteiger partial charge in [-0.1, -0.05) is 18.7 Å². The Morgan fingerprint density at radius 3 is 2.56 bits per heavy atom. The maximum atomic E-state index is 11.2. The molecular weight excluding hydrogens is 234 g/mol. The number of hydrogen-bond donors (Lipinski definition) is 2. The quantitative estimate of drug-likeness (QED) is 0.476. The smallest absolute Gasteiger partial charge is 0.339 e. The van der Waals surface area contributed by atoms with Gasteiger partial charge in [0.25, 0.3) is 5.91 Å². The van der Waals surface area contributed by atoms with E-state index in [2.05, 4.69) is 22.4 Å². The molecule has 0 aromatic heterocycles. The molecule has 0 aliphatic carbocycles. The Morgan fingerprint density at radius 2 is 2.06 bits per heavy atom. The first-order valence-corrected chi connectivity index (χ1v) is 5.11. The van der Waals surface area contributed by atoms with Crippen LogP contribution in [-0.4, -0.2) is 24.1 Å². The molecule has 18 heavy (non-hydrogen) atoms.